The highest BCUT2D eigenvalue weighted by atomic mass is 15.3. The Kier molecular flexibility index (Phi) is 3.08. The van der Waals surface area contributed by atoms with Crippen molar-refractivity contribution in [2.75, 3.05) is 11.1 Å². The fourth-order valence-corrected chi connectivity index (χ4v) is 2.33. The lowest BCUT2D eigenvalue weighted by molar-refractivity contribution is 0.307. The van der Waals surface area contributed by atoms with Crippen LogP contribution in [-0.2, 0) is 6.54 Å². The SMILES string of the molecule is CCCn1nc(C)c(N)c1NC1CC(C)C1. The molecule has 1 heterocycles. The fraction of sp³-hybridized carbons (Fsp3) is 0.750. The molecular formula is C12H22N4. The molecule has 4 heteroatoms. The van der Waals surface area contributed by atoms with E-state index in [2.05, 4.69) is 24.3 Å². The second kappa shape index (κ2) is 4.36. The highest BCUT2D eigenvalue weighted by Gasteiger charge is 2.27. The van der Waals surface area contributed by atoms with Gasteiger partial charge in [-0.3, -0.25) is 0 Å². The molecule has 1 aromatic heterocycles. The molecule has 0 aromatic carbocycles. The number of nitrogens with zero attached hydrogens (tertiary/aromatic N) is 2. The van der Waals surface area contributed by atoms with Crippen molar-refractivity contribution in [3.63, 3.8) is 0 Å². The normalized spacial score (nSPS) is 24.2. The van der Waals surface area contributed by atoms with Crippen LogP contribution < -0.4 is 11.1 Å². The molecule has 3 N–H and O–H groups in total. The van der Waals surface area contributed by atoms with E-state index in [4.69, 9.17) is 5.73 Å². The van der Waals surface area contributed by atoms with Crippen molar-refractivity contribution in [1.82, 2.24) is 9.78 Å². The third kappa shape index (κ3) is 2.01. The van der Waals surface area contributed by atoms with Gasteiger partial charge in [0.05, 0.1) is 11.4 Å². The van der Waals surface area contributed by atoms with Gasteiger partial charge in [0.2, 0.25) is 0 Å². The summed E-state index contributed by atoms with van der Waals surface area (Å²) < 4.78 is 2.01. The van der Waals surface area contributed by atoms with Crippen LogP contribution in [0.3, 0.4) is 0 Å². The Morgan fingerprint density at radius 3 is 2.75 bits per heavy atom. The van der Waals surface area contributed by atoms with Gasteiger partial charge in [-0.2, -0.15) is 5.10 Å². The first-order valence-electron chi connectivity index (χ1n) is 6.21. The molecule has 0 amide bonds. The van der Waals surface area contributed by atoms with E-state index in [1.54, 1.807) is 0 Å². The number of aromatic nitrogens is 2. The Balaban J connectivity index is 2.11. The third-order valence-electron chi connectivity index (χ3n) is 3.32. The molecule has 90 valence electrons. The molecule has 0 atom stereocenters. The minimum atomic E-state index is 0.587. The van der Waals surface area contributed by atoms with Gasteiger partial charge in [0.1, 0.15) is 5.82 Å². The van der Waals surface area contributed by atoms with Gasteiger partial charge in [-0.15, -0.1) is 0 Å². The molecule has 0 bridgehead atoms. The minimum absolute atomic E-state index is 0.587. The zero-order chi connectivity index (χ0) is 11.7. The van der Waals surface area contributed by atoms with Gasteiger partial charge in [0, 0.05) is 12.6 Å². The smallest absolute Gasteiger partial charge is 0.148 e. The standard InChI is InChI=1S/C12H22N4/c1-4-5-16-12(11(13)9(3)15-16)14-10-6-8(2)7-10/h8,10,14H,4-7,13H2,1-3H3. The maximum atomic E-state index is 6.05. The van der Waals surface area contributed by atoms with Gasteiger partial charge in [0.25, 0.3) is 0 Å². The summed E-state index contributed by atoms with van der Waals surface area (Å²) in [5.41, 5.74) is 7.80. The first-order chi connectivity index (χ1) is 7.61. The van der Waals surface area contributed by atoms with Crippen LogP contribution in [0.5, 0.6) is 0 Å². The van der Waals surface area contributed by atoms with Gasteiger partial charge < -0.3 is 11.1 Å². The summed E-state index contributed by atoms with van der Waals surface area (Å²) in [6, 6.07) is 0.587. The molecule has 16 heavy (non-hydrogen) atoms. The number of hydrogen-bond acceptors (Lipinski definition) is 3. The van der Waals surface area contributed by atoms with E-state index in [1.807, 2.05) is 11.6 Å². The molecule has 0 unspecified atom stereocenters. The van der Waals surface area contributed by atoms with Crippen LogP contribution in [0.2, 0.25) is 0 Å². The summed E-state index contributed by atoms with van der Waals surface area (Å²) in [7, 11) is 0. The molecule has 4 nitrogen and oxygen atoms in total. The number of rotatable bonds is 4. The lowest BCUT2D eigenvalue weighted by Gasteiger charge is -2.34. The summed E-state index contributed by atoms with van der Waals surface area (Å²) in [5, 5.41) is 7.99. The zero-order valence-electron chi connectivity index (χ0n) is 10.5. The highest BCUT2D eigenvalue weighted by molar-refractivity contribution is 5.65. The van der Waals surface area contributed by atoms with Crippen molar-refractivity contribution in [2.45, 2.75) is 52.6 Å². The monoisotopic (exact) mass is 222 g/mol. The van der Waals surface area contributed by atoms with Crippen LogP contribution in [-0.4, -0.2) is 15.8 Å². The molecule has 2 rings (SSSR count). The Bertz CT molecular complexity index is 363. The summed E-state index contributed by atoms with van der Waals surface area (Å²) in [6.07, 6.45) is 3.57. The number of nitrogens with two attached hydrogens (primary N) is 1. The number of aryl methyl sites for hydroxylation is 2. The van der Waals surface area contributed by atoms with Crippen molar-refractivity contribution in [3.05, 3.63) is 5.69 Å². The van der Waals surface area contributed by atoms with Gasteiger partial charge in [-0.25, -0.2) is 4.68 Å². The molecule has 0 aliphatic heterocycles. The molecule has 0 saturated heterocycles. The van der Waals surface area contributed by atoms with Crippen molar-refractivity contribution in [3.8, 4) is 0 Å². The first-order valence-corrected chi connectivity index (χ1v) is 6.21. The second-order valence-electron chi connectivity index (χ2n) is 4.99. The van der Waals surface area contributed by atoms with Crippen LogP contribution >= 0.6 is 0 Å². The number of nitrogen functional groups attached to an aromatic ring is 1. The molecule has 1 aromatic rings. The van der Waals surface area contributed by atoms with E-state index >= 15 is 0 Å². The Morgan fingerprint density at radius 2 is 2.19 bits per heavy atom. The summed E-state index contributed by atoms with van der Waals surface area (Å²) in [4.78, 5) is 0. The lowest BCUT2D eigenvalue weighted by Crippen LogP contribution is -2.34. The molecular weight excluding hydrogens is 200 g/mol. The average molecular weight is 222 g/mol. The van der Waals surface area contributed by atoms with Gasteiger partial charge in [-0.05, 0) is 32.1 Å². The molecule has 1 aliphatic carbocycles. The quantitative estimate of drug-likeness (QED) is 0.822. The molecule has 1 saturated carbocycles. The predicted molar refractivity (Wildman–Crippen MR) is 67.5 cm³/mol. The molecule has 1 aliphatic rings. The summed E-state index contributed by atoms with van der Waals surface area (Å²) >= 11 is 0. The molecule has 0 radical (unpaired) electrons. The van der Waals surface area contributed by atoms with Crippen molar-refractivity contribution in [1.29, 1.82) is 0 Å². The average Bonchev–Trinajstić information content (AvgIpc) is 2.44. The Hall–Kier alpha value is -1.19. The van der Waals surface area contributed by atoms with E-state index in [9.17, 15) is 0 Å². The van der Waals surface area contributed by atoms with E-state index < -0.39 is 0 Å². The summed E-state index contributed by atoms with van der Waals surface area (Å²) in [6.45, 7) is 7.34. The van der Waals surface area contributed by atoms with Crippen LogP contribution in [0.15, 0.2) is 0 Å². The van der Waals surface area contributed by atoms with Crippen molar-refractivity contribution < 1.29 is 0 Å². The Morgan fingerprint density at radius 1 is 1.50 bits per heavy atom. The van der Waals surface area contributed by atoms with Crippen LogP contribution in [0.4, 0.5) is 11.5 Å². The zero-order valence-corrected chi connectivity index (χ0v) is 10.5. The number of nitrogens with one attached hydrogen (secondary N) is 1. The first kappa shape index (κ1) is 11.3. The number of hydrogen-bond donors (Lipinski definition) is 2. The van der Waals surface area contributed by atoms with Crippen LogP contribution in [0.1, 0.15) is 38.8 Å². The van der Waals surface area contributed by atoms with Crippen molar-refractivity contribution in [2.24, 2.45) is 5.92 Å². The summed E-state index contributed by atoms with van der Waals surface area (Å²) in [5.74, 6) is 1.87. The maximum absolute atomic E-state index is 6.05. The lowest BCUT2D eigenvalue weighted by atomic mass is 9.82. The molecule has 0 spiro atoms. The number of anilines is 2. The largest absolute Gasteiger partial charge is 0.394 e. The molecule has 1 fully saturated rings. The second-order valence-corrected chi connectivity index (χ2v) is 4.99. The van der Waals surface area contributed by atoms with Crippen LogP contribution in [0, 0.1) is 12.8 Å². The fourth-order valence-electron chi connectivity index (χ4n) is 2.33. The van der Waals surface area contributed by atoms with Gasteiger partial charge in [-0.1, -0.05) is 13.8 Å². The van der Waals surface area contributed by atoms with Crippen molar-refractivity contribution >= 4 is 11.5 Å². The highest BCUT2D eigenvalue weighted by Crippen LogP contribution is 2.32. The maximum Gasteiger partial charge on any atom is 0.148 e. The van der Waals surface area contributed by atoms with E-state index in [0.29, 0.717) is 6.04 Å². The Labute approximate surface area is 97.2 Å². The van der Waals surface area contributed by atoms with E-state index in [0.717, 1.165) is 36.1 Å². The van der Waals surface area contributed by atoms with E-state index in [-0.39, 0.29) is 0 Å². The van der Waals surface area contributed by atoms with E-state index in [1.165, 1.54) is 12.8 Å². The van der Waals surface area contributed by atoms with Crippen LogP contribution in [0.25, 0.3) is 0 Å². The van der Waals surface area contributed by atoms with Gasteiger partial charge in [0.15, 0.2) is 0 Å². The minimum Gasteiger partial charge on any atom is -0.394 e. The third-order valence-corrected chi connectivity index (χ3v) is 3.32. The predicted octanol–water partition coefficient (Wildman–Crippen LogP) is 2.39. The topological polar surface area (TPSA) is 55.9 Å². The van der Waals surface area contributed by atoms with Gasteiger partial charge >= 0.3 is 0 Å².